The highest BCUT2D eigenvalue weighted by Gasteiger charge is 2.01. The first-order valence-corrected chi connectivity index (χ1v) is 6.95. The van der Waals surface area contributed by atoms with Gasteiger partial charge < -0.3 is 14.3 Å². The van der Waals surface area contributed by atoms with E-state index in [4.69, 9.17) is 4.42 Å². The molecule has 2 aromatic heterocycles. The molecule has 0 aliphatic heterocycles. The van der Waals surface area contributed by atoms with Crippen LogP contribution in [-0.2, 0) is 13.1 Å². The van der Waals surface area contributed by atoms with Gasteiger partial charge in [0, 0.05) is 18.8 Å². The van der Waals surface area contributed by atoms with Gasteiger partial charge in [-0.05, 0) is 47.2 Å². The average molecular weight is 358 g/mol. The second-order valence-electron chi connectivity index (χ2n) is 4.01. The lowest BCUT2D eigenvalue weighted by atomic mass is 10.3. The maximum Gasteiger partial charge on any atom is 0.250 e. The van der Waals surface area contributed by atoms with Gasteiger partial charge >= 0.3 is 0 Å². The Morgan fingerprint density at radius 2 is 2.17 bits per heavy atom. The van der Waals surface area contributed by atoms with Crippen LogP contribution in [0.4, 0.5) is 5.69 Å². The van der Waals surface area contributed by atoms with E-state index in [9.17, 15) is 4.79 Å². The predicted molar refractivity (Wildman–Crippen MR) is 79.7 cm³/mol. The molecule has 0 aliphatic carbocycles. The Hall–Kier alpha value is -1.24. The number of rotatable bonds is 5. The number of aromatic nitrogens is 1. The van der Waals surface area contributed by atoms with Crippen molar-refractivity contribution in [2.45, 2.75) is 26.4 Å². The topological polar surface area (TPSA) is 47.2 Å². The van der Waals surface area contributed by atoms with Crippen molar-refractivity contribution >= 4 is 28.3 Å². The van der Waals surface area contributed by atoms with E-state index in [1.54, 1.807) is 16.7 Å². The molecule has 2 heterocycles. The summed E-state index contributed by atoms with van der Waals surface area (Å²) in [7, 11) is 0. The molecule has 0 amide bonds. The highest BCUT2D eigenvalue weighted by atomic mass is 127. The van der Waals surface area contributed by atoms with Gasteiger partial charge in [-0.25, -0.2) is 0 Å². The normalized spacial score (nSPS) is 10.6. The van der Waals surface area contributed by atoms with E-state index in [1.165, 1.54) is 0 Å². The second kappa shape index (κ2) is 6.08. The van der Waals surface area contributed by atoms with Gasteiger partial charge in [0.2, 0.25) is 0 Å². The summed E-state index contributed by atoms with van der Waals surface area (Å²) in [5, 5.41) is 3.24. The number of hydrogen-bond donors (Lipinski definition) is 1. The smallest absolute Gasteiger partial charge is 0.250 e. The molecular weight excluding hydrogens is 343 g/mol. The lowest BCUT2D eigenvalue weighted by Gasteiger charge is -2.08. The minimum atomic E-state index is 0.0370. The molecule has 0 unspecified atom stereocenters. The summed E-state index contributed by atoms with van der Waals surface area (Å²) in [6.07, 6.45) is 2.79. The highest BCUT2D eigenvalue weighted by Crippen LogP contribution is 2.12. The third-order valence-corrected chi connectivity index (χ3v) is 3.12. The van der Waals surface area contributed by atoms with E-state index >= 15 is 0 Å². The molecule has 18 heavy (non-hydrogen) atoms. The Morgan fingerprint density at radius 3 is 2.83 bits per heavy atom. The number of hydrogen-bond acceptors (Lipinski definition) is 3. The van der Waals surface area contributed by atoms with Crippen LogP contribution >= 0.6 is 22.6 Å². The molecule has 0 aromatic carbocycles. The van der Waals surface area contributed by atoms with Crippen LogP contribution in [0.15, 0.2) is 39.7 Å². The first-order chi connectivity index (χ1) is 8.69. The Morgan fingerprint density at radius 1 is 1.33 bits per heavy atom. The van der Waals surface area contributed by atoms with E-state index < -0.39 is 0 Å². The van der Waals surface area contributed by atoms with Crippen LogP contribution in [0.1, 0.15) is 19.1 Å². The van der Waals surface area contributed by atoms with Crippen molar-refractivity contribution in [3.05, 3.63) is 50.3 Å². The van der Waals surface area contributed by atoms with Crippen LogP contribution < -0.4 is 10.9 Å². The van der Waals surface area contributed by atoms with Gasteiger partial charge in [0.1, 0.15) is 5.76 Å². The van der Waals surface area contributed by atoms with Crippen LogP contribution in [0.2, 0.25) is 0 Å². The van der Waals surface area contributed by atoms with E-state index in [-0.39, 0.29) is 5.56 Å². The van der Waals surface area contributed by atoms with E-state index in [2.05, 4.69) is 34.8 Å². The molecule has 2 rings (SSSR count). The zero-order valence-electron chi connectivity index (χ0n) is 10.1. The zero-order valence-corrected chi connectivity index (χ0v) is 12.3. The molecule has 0 atom stereocenters. The summed E-state index contributed by atoms with van der Waals surface area (Å²) in [6, 6.07) is 7.25. The molecule has 0 saturated heterocycles. The fourth-order valence-corrected chi connectivity index (χ4v) is 2.15. The fraction of sp³-hybridized carbons (Fsp3) is 0.308. The van der Waals surface area contributed by atoms with Gasteiger partial charge in [-0.15, -0.1) is 0 Å². The maximum atomic E-state index is 11.6. The average Bonchev–Trinajstić information content (AvgIpc) is 2.76. The molecule has 2 aromatic rings. The Kier molecular flexibility index (Phi) is 4.46. The maximum absolute atomic E-state index is 11.6. The molecule has 0 fully saturated rings. The molecule has 96 valence electrons. The summed E-state index contributed by atoms with van der Waals surface area (Å²) < 4.78 is 8.05. The molecule has 0 aliphatic rings. The first-order valence-electron chi connectivity index (χ1n) is 5.87. The number of aryl methyl sites for hydroxylation is 1. The van der Waals surface area contributed by atoms with Gasteiger partial charge in [0.25, 0.3) is 5.56 Å². The Labute approximate surface area is 119 Å². The van der Waals surface area contributed by atoms with E-state index in [1.807, 2.05) is 18.3 Å². The number of furan rings is 1. The van der Waals surface area contributed by atoms with Gasteiger partial charge in [-0.3, -0.25) is 4.79 Å². The number of anilines is 1. The van der Waals surface area contributed by atoms with Crippen molar-refractivity contribution in [1.82, 2.24) is 4.57 Å². The molecule has 0 bridgehead atoms. The summed E-state index contributed by atoms with van der Waals surface area (Å²) in [6.45, 7) is 3.41. The van der Waals surface area contributed by atoms with Crippen molar-refractivity contribution in [3.63, 3.8) is 0 Å². The van der Waals surface area contributed by atoms with Crippen LogP contribution in [0.5, 0.6) is 0 Å². The SMILES string of the molecule is CCCn1cc(NCc2ccc(I)o2)ccc1=O. The summed E-state index contributed by atoms with van der Waals surface area (Å²) >= 11 is 2.14. The molecule has 1 N–H and O–H groups in total. The van der Waals surface area contributed by atoms with Crippen molar-refractivity contribution in [2.75, 3.05) is 5.32 Å². The lowest BCUT2D eigenvalue weighted by molar-refractivity contribution is 0.492. The van der Waals surface area contributed by atoms with Crippen LogP contribution in [0, 0.1) is 3.77 Å². The van der Waals surface area contributed by atoms with Crippen molar-refractivity contribution < 1.29 is 4.42 Å². The monoisotopic (exact) mass is 358 g/mol. The second-order valence-corrected chi connectivity index (χ2v) is 5.07. The third kappa shape index (κ3) is 3.38. The van der Waals surface area contributed by atoms with E-state index in [0.29, 0.717) is 6.54 Å². The largest absolute Gasteiger partial charge is 0.454 e. The predicted octanol–water partition coefficient (Wildman–Crippen LogP) is 3.07. The Balaban J connectivity index is 2.05. The van der Waals surface area contributed by atoms with Crippen molar-refractivity contribution in [2.24, 2.45) is 0 Å². The first kappa shape index (κ1) is 13.2. The van der Waals surface area contributed by atoms with Crippen LogP contribution in [-0.4, -0.2) is 4.57 Å². The van der Waals surface area contributed by atoms with Crippen molar-refractivity contribution in [1.29, 1.82) is 0 Å². The molecule has 0 radical (unpaired) electrons. The lowest BCUT2D eigenvalue weighted by Crippen LogP contribution is -2.18. The summed E-state index contributed by atoms with van der Waals surface area (Å²) in [4.78, 5) is 11.6. The fourth-order valence-electron chi connectivity index (χ4n) is 1.69. The van der Waals surface area contributed by atoms with Crippen molar-refractivity contribution in [3.8, 4) is 0 Å². The third-order valence-electron chi connectivity index (χ3n) is 2.54. The van der Waals surface area contributed by atoms with Crippen LogP contribution in [0.25, 0.3) is 0 Å². The molecular formula is C13H15IN2O2. The van der Waals surface area contributed by atoms with E-state index in [0.717, 1.165) is 28.2 Å². The highest BCUT2D eigenvalue weighted by molar-refractivity contribution is 14.1. The van der Waals surface area contributed by atoms with Gasteiger partial charge in [0.15, 0.2) is 3.77 Å². The molecule has 0 spiro atoms. The standard InChI is InChI=1S/C13H15IN2O2/c1-2-7-16-9-10(3-6-13(16)17)15-8-11-4-5-12(14)18-11/h3-6,9,15H,2,7-8H2,1H3. The minimum absolute atomic E-state index is 0.0370. The van der Waals surface area contributed by atoms with Gasteiger partial charge in [0.05, 0.1) is 12.2 Å². The van der Waals surface area contributed by atoms with Crippen LogP contribution in [0.3, 0.4) is 0 Å². The molecule has 5 heteroatoms. The van der Waals surface area contributed by atoms with Gasteiger partial charge in [-0.2, -0.15) is 0 Å². The quantitative estimate of drug-likeness (QED) is 0.836. The van der Waals surface area contributed by atoms with Gasteiger partial charge in [-0.1, -0.05) is 6.92 Å². The zero-order chi connectivity index (χ0) is 13.0. The summed E-state index contributed by atoms with van der Waals surface area (Å²) in [5.74, 6) is 0.882. The minimum Gasteiger partial charge on any atom is -0.454 e. The summed E-state index contributed by atoms with van der Waals surface area (Å²) in [5.41, 5.74) is 0.962. The number of nitrogens with one attached hydrogen (secondary N) is 1. The number of pyridine rings is 1. The molecule has 4 nitrogen and oxygen atoms in total. The Bertz CT molecular complexity index is 574. The number of nitrogens with zero attached hydrogens (tertiary/aromatic N) is 1. The molecule has 0 saturated carbocycles. The number of halogens is 1.